The van der Waals surface area contributed by atoms with Crippen molar-refractivity contribution in [3.63, 3.8) is 0 Å². The highest BCUT2D eigenvalue weighted by Crippen LogP contribution is 2.29. The number of aliphatic hydroxyl groups excluding tert-OH is 1. The SMILES string of the molecule is Cc1cc(C)c(NC(=O)COC(=O)[C@@H]2CC(O)CN2S(=O)(=O)c2ccc(C)c(C)c2)c(Cl)c1. The molecule has 8 nitrogen and oxygen atoms in total. The Balaban J connectivity index is 1.70. The smallest absolute Gasteiger partial charge is 0.325 e. The second-order valence-corrected chi connectivity index (χ2v) is 10.6. The molecule has 1 amide bonds. The Morgan fingerprint density at radius 2 is 1.82 bits per heavy atom. The number of esters is 1. The minimum absolute atomic E-state index is 0.0275. The Kier molecular flexibility index (Phi) is 7.48. The molecular weight excluding hydrogens is 468 g/mol. The predicted octanol–water partition coefficient (Wildman–Crippen LogP) is 2.88. The molecule has 1 saturated heterocycles. The van der Waals surface area contributed by atoms with Gasteiger partial charge >= 0.3 is 5.97 Å². The van der Waals surface area contributed by atoms with Crippen LogP contribution in [0.15, 0.2) is 35.2 Å². The third-order valence-electron chi connectivity index (χ3n) is 5.63. The van der Waals surface area contributed by atoms with E-state index in [1.54, 1.807) is 26.0 Å². The number of sulfonamides is 1. The minimum atomic E-state index is -4.05. The van der Waals surface area contributed by atoms with Gasteiger partial charge in [0.05, 0.1) is 21.7 Å². The number of aliphatic hydroxyl groups is 1. The third-order valence-corrected chi connectivity index (χ3v) is 7.80. The molecule has 2 N–H and O–H groups in total. The minimum Gasteiger partial charge on any atom is -0.454 e. The zero-order valence-electron chi connectivity index (χ0n) is 18.9. The van der Waals surface area contributed by atoms with Crippen molar-refractivity contribution >= 4 is 39.2 Å². The van der Waals surface area contributed by atoms with Crippen molar-refractivity contribution in [3.8, 4) is 0 Å². The van der Waals surface area contributed by atoms with Crippen LogP contribution in [0.4, 0.5) is 5.69 Å². The first-order valence-corrected chi connectivity index (χ1v) is 12.2. The summed E-state index contributed by atoms with van der Waals surface area (Å²) >= 11 is 6.19. The van der Waals surface area contributed by atoms with Gasteiger partial charge < -0.3 is 15.2 Å². The summed E-state index contributed by atoms with van der Waals surface area (Å²) in [4.78, 5) is 25.0. The van der Waals surface area contributed by atoms with Gasteiger partial charge in [-0.25, -0.2) is 8.42 Å². The third kappa shape index (κ3) is 5.55. The van der Waals surface area contributed by atoms with Gasteiger partial charge in [0.15, 0.2) is 6.61 Å². The molecule has 33 heavy (non-hydrogen) atoms. The molecule has 0 radical (unpaired) electrons. The lowest BCUT2D eigenvalue weighted by molar-refractivity contribution is -0.150. The van der Waals surface area contributed by atoms with Crippen molar-refractivity contribution in [1.82, 2.24) is 4.31 Å². The summed E-state index contributed by atoms with van der Waals surface area (Å²) in [6, 6.07) is 6.99. The molecule has 0 aliphatic carbocycles. The lowest BCUT2D eigenvalue weighted by Crippen LogP contribution is -2.42. The molecule has 10 heteroatoms. The molecule has 1 aliphatic heterocycles. The molecule has 1 heterocycles. The van der Waals surface area contributed by atoms with Crippen molar-refractivity contribution < 1.29 is 27.9 Å². The van der Waals surface area contributed by atoms with Gasteiger partial charge in [-0.15, -0.1) is 0 Å². The Morgan fingerprint density at radius 1 is 1.12 bits per heavy atom. The second kappa shape index (κ2) is 9.80. The molecule has 178 valence electrons. The van der Waals surface area contributed by atoms with E-state index in [0.717, 1.165) is 26.6 Å². The zero-order chi connectivity index (χ0) is 24.5. The van der Waals surface area contributed by atoms with Crippen LogP contribution in [0, 0.1) is 27.7 Å². The average Bonchev–Trinajstić information content (AvgIpc) is 3.13. The number of hydrogen-bond acceptors (Lipinski definition) is 6. The standard InChI is InChI=1S/C23H27ClN2O6S/c1-13-7-16(4)22(19(24)8-13)25-21(28)12-32-23(29)20-10-17(27)11-26(20)33(30,31)18-6-5-14(2)15(3)9-18/h5-9,17,20,27H,10-12H2,1-4H3,(H,25,28)/t17?,20-/m0/s1. The van der Waals surface area contributed by atoms with Crippen LogP contribution in [0.3, 0.4) is 0 Å². The summed E-state index contributed by atoms with van der Waals surface area (Å²) in [5.74, 6) is -1.51. The molecule has 1 aliphatic rings. The van der Waals surface area contributed by atoms with Gasteiger partial charge in [0.2, 0.25) is 10.0 Å². The maximum absolute atomic E-state index is 13.2. The molecule has 2 aromatic rings. The van der Waals surface area contributed by atoms with E-state index >= 15 is 0 Å². The fraction of sp³-hybridized carbons (Fsp3) is 0.391. The number of nitrogens with one attached hydrogen (secondary N) is 1. The lowest BCUT2D eigenvalue weighted by atomic mass is 10.1. The van der Waals surface area contributed by atoms with Gasteiger partial charge in [-0.1, -0.05) is 23.7 Å². The number of β-amino-alcohol motifs (C(OH)–C–C–N with tert-alkyl or cyclic N) is 1. The maximum atomic E-state index is 13.2. The van der Waals surface area contributed by atoms with E-state index in [2.05, 4.69) is 5.32 Å². The van der Waals surface area contributed by atoms with Crippen molar-refractivity contribution in [2.24, 2.45) is 0 Å². The van der Waals surface area contributed by atoms with Crippen LogP contribution in [0.1, 0.15) is 28.7 Å². The molecule has 3 rings (SSSR count). The van der Waals surface area contributed by atoms with E-state index < -0.39 is 40.7 Å². The highest BCUT2D eigenvalue weighted by Gasteiger charge is 2.44. The van der Waals surface area contributed by atoms with Crippen LogP contribution in [0.5, 0.6) is 0 Å². The van der Waals surface area contributed by atoms with Gasteiger partial charge in [-0.05, 0) is 68.1 Å². The summed E-state index contributed by atoms with van der Waals surface area (Å²) in [6.45, 7) is 6.46. The van der Waals surface area contributed by atoms with Gasteiger partial charge in [0, 0.05) is 13.0 Å². The Hall–Kier alpha value is -2.46. The molecule has 0 aromatic heterocycles. The molecule has 0 spiro atoms. The number of anilines is 1. The van der Waals surface area contributed by atoms with Crippen LogP contribution in [-0.2, 0) is 24.3 Å². The van der Waals surface area contributed by atoms with E-state index in [1.165, 1.54) is 12.1 Å². The maximum Gasteiger partial charge on any atom is 0.325 e. The highest BCUT2D eigenvalue weighted by molar-refractivity contribution is 7.89. The highest BCUT2D eigenvalue weighted by atomic mass is 35.5. The summed E-state index contributed by atoms with van der Waals surface area (Å²) in [7, 11) is -4.05. The second-order valence-electron chi connectivity index (χ2n) is 8.32. The van der Waals surface area contributed by atoms with Gasteiger partial charge in [0.1, 0.15) is 6.04 Å². The molecule has 1 unspecified atom stereocenters. The number of carbonyl (C=O) groups is 2. The van der Waals surface area contributed by atoms with Gasteiger partial charge in [-0.2, -0.15) is 4.31 Å². The van der Waals surface area contributed by atoms with Crippen molar-refractivity contribution in [2.75, 3.05) is 18.5 Å². The van der Waals surface area contributed by atoms with Gasteiger partial charge in [0.25, 0.3) is 5.91 Å². The number of amides is 1. The fourth-order valence-electron chi connectivity index (χ4n) is 3.76. The number of halogens is 1. The average molecular weight is 495 g/mol. The topological polar surface area (TPSA) is 113 Å². The number of aryl methyl sites for hydroxylation is 4. The van der Waals surface area contributed by atoms with Crippen molar-refractivity contribution in [1.29, 1.82) is 0 Å². The van der Waals surface area contributed by atoms with E-state index in [1.807, 2.05) is 19.9 Å². The number of carbonyl (C=O) groups excluding carboxylic acids is 2. The molecule has 2 aromatic carbocycles. The largest absolute Gasteiger partial charge is 0.454 e. The zero-order valence-corrected chi connectivity index (χ0v) is 20.5. The summed E-state index contributed by atoms with van der Waals surface area (Å²) < 4.78 is 32.3. The lowest BCUT2D eigenvalue weighted by Gasteiger charge is -2.23. The van der Waals surface area contributed by atoms with Crippen molar-refractivity contribution in [2.45, 2.75) is 51.2 Å². The number of ether oxygens (including phenoxy) is 1. The first kappa shape index (κ1) is 25.2. The summed E-state index contributed by atoms with van der Waals surface area (Å²) in [5, 5.41) is 13.0. The van der Waals surface area contributed by atoms with Crippen LogP contribution in [-0.4, -0.2) is 55.0 Å². The quantitative estimate of drug-likeness (QED) is 0.597. The Morgan fingerprint density at radius 3 is 2.45 bits per heavy atom. The van der Waals surface area contributed by atoms with E-state index in [0.29, 0.717) is 10.7 Å². The fourth-order valence-corrected chi connectivity index (χ4v) is 5.84. The Labute approximate surface area is 198 Å². The molecule has 0 saturated carbocycles. The number of hydrogen-bond donors (Lipinski definition) is 2. The van der Waals surface area contributed by atoms with E-state index in [4.69, 9.17) is 16.3 Å². The molecule has 0 bridgehead atoms. The van der Waals surface area contributed by atoms with Crippen LogP contribution >= 0.6 is 11.6 Å². The molecular formula is C23H27ClN2O6S. The summed E-state index contributed by atoms with van der Waals surface area (Å²) in [6.07, 6.45) is -1.14. The van der Waals surface area contributed by atoms with Crippen molar-refractivity contribution in [3.05, 3.63) is 57.6 Å². The summed E-state index contributed by atoms with van der Waals surface area (Å²) in [5.41, 5.74) is 3.83. The predicted molar refractivity (Wildman–Crippen MR) is 125 cm³/mol. The first-order chi connectivity index (χ1) is 15.4. The van der Waals surface area contributed by atoms with E-state index in [9.17, 15) is 23.1 Å². The van der Waals surface area contributed by atoms with Crippen LogP contribution in [0.25, 0.3) is 0 Å². The Bertz CT molecular complexity index is 1170. The van der Waals surface area contributed by atoms with E-state index in [-0.39, 0.29) is 17.9 Å². The normalized spacial score (nSPS) is 18.8. The number of rotatable bonds is 6. The monoisotopic (exact) mass is 494 g/mol. The molecule has 1 fully saturated rings. The van der Waals surface area contributed by atoms with Gasteiger partial charge in [-0.3, -0.25) is 9.59 Å². The van der Waals surface area contributed by atoms with Crippen LogP contribution in [0.2, 0.25) is 5.02 Å². The molecule has 2 atom stereocenters. The number of nitrogens with zero attached hydrogens (tertiary/aromatic N) is 1. The number of benzene rings is 2. The van der Waals surface area contributed by atoms with Crippen LogP contribution < -0.4 is 5.32 Å². The first-order valence-electron chi connectivity index (χ1n) is 10.4.